The van der Waals surface area contributed by atoms with Gasteiger partial charge in [-0.15, -0.1) is 0 Å². The molecule has 4 heteroatoms. The molecule has 0 radical (unpaired) electrons. The van der Waals surface area contributed by atoms with E-state index in [2.05, 4.69) is 13.8 Å². The van der Waals surface area contributed by atoms with E-state index in [-0.39, 0.29) is 6.10 Å². The Bertz CT molecular complexity index is 799. The summed E-state index contributed by atoms with van der Waals surface area (Å²) in [7, 11) is -3.40. The Morgan fingerprint density at radius 1 is 0.407 bits per heavy atom. The summed E-state index contributed by atoms with van der Waals surface area (Å²) < 4.78 is 29.8. The van der Waals surface area contributed by atoms with Gasteiger partial charge >= 0.3 is 0 Å². The van der Waals surface area contributed by atoms with E-state index in [0.717, 1.165) is 25.2 Å². The maximum absolute atomic E-state index is 12.1. The fourth-order valence-corrected chi connectivity index (χ4v) is 10.1. The zero-order valence-electron chi connectivity index (χ0n) is 37.5. The highest BCUT2D eigenvalue weighted by Gasteiger charge is 2.22. The molecule has 0 N–H and O–H groups in total. The summed E-state index contributed by atoms with van der Waals surface area (Å²) in [5, 5.41) is 0. The van der Waals surface area contributed by atoms with Crippen molar-refractivity contribution in [3.05, 3.63) is 0 Å². The van der Waals surface area contributed by atoms with Crippen LogP contribution in [-0.2, 0) is 14.3 Å². The van der Waals surface area contributed by atoms with Crippen molar-refractivity contribution in [1.29, 1.82) is 0 Å². The van der Waals surface area contributed by atoms with Crippen molar-refractivity contribution in [1.82, 2.24) is 0 Å². The molecule has 1 saturated carbocycles. The van der Waals surface area contributed by atoms with Crippen LogP contribution in [0, 0.1) is 11.8 Å². The van der Waals surface area contributed by atoms with Crippen LogP contribution in [-0.4, -0.2) is 20.8 Å². The summed E-state index contributed by atoms with van der Waals surface area (Å²) in [4.78, 5) is 0. The van der Waals surface area contributed by atoms with Crippen LogP contribution in [0.25, 0.3) is 0 Å². The average Bonchev–Trinajstić information content (AvgIpc) is 3.15. The third-order valence-electron chi connectivity index (χ3n) is 13.0. The molecule has 0 aromatic carbocycles. The SMILES string of the molecule is CCCCCCCCCCCCCCCCCCC(CCCCCCCCCCCCCCCCCC)CCCCC(CC1CCCCC1)OS(C)(=O)=O. The number of unbranched alkanes of at least 4 members (excludes halogenated alkanes) is 31. The molecule has 0 aromatic heterocycles. The van der Waals surface area contributed by atoms with Crippen LogP contribution in [0.4, 0.5) is 0 Å². The molecule has 1 atom stereocenters. The lowest BCUT2D eigenvalue weighted by atomic mass is 9.84. The largest absolute Gasteiger partial charge is 0.267 e. The van der Waals surface area contributed by atoms with Crippen LogP contribution in [0.5, 0.6) is 0 Å². The lowest BCUT2D eigenvalue weighted by Gasteiger charge is -2.26. The van der Waals surface area contributed by atoms with E-state index in [1.807, 2.05) is 0 Å². The van der Waals surface area contributed by atoms with Gasteiger partial charge in [0.2, 0.25) is 0 Å². The lowest BCUT2D eigenvalue weighted by Crippen LogP contribution is -2.22. The second kappa shape index (κ2) is 39.7. The third-order valence-corrected chi connectivity index (χ3v) is 13.6. The molecular weight excluding hydrogens is 681 g/mol. The summed E-state index contributed by atoms with van der Waals surface area (Å²) in [5.41, 5.74) is 0. The molecule has 0 bridgehead atoms. The van der Waals surface area contributed by atoms with Gasteiger partial charge in [-0.2, -0.15) is 8.42 Å². The summed E-state index contributed by atoms with van der Waals surface area (Å²) in [6.45, 7) is 4.61. The minimum atomic E-state index is -3.40. The van der Waals surface area contributed by atoms with Crippen LogP contribution in [0.2, 0.25) is 0 Å². The normalized spacial score (nSPS) is 14.7. The van der Waals surface area contributed by atoms with Crippen LogP contribution in [0.15, 0.2) is 0 Å². The van der Waals surface area contributed by atoms with Gasteiger partial charge in [-0.3, -0.25) is 4.18 Å². The maximum Gasteiger partial charge on any atom is 0.264 e. The molecule has 0 amide bonds. The first-order chi connectivity index (χ1) is 26.4. The van der Waals surface area contributed by atoms with Crippen LogP contribution >= 0.6 is 0 Å². The van der Waals surface area contributed by atoms with Crippen molar-refractivity contribution in [2.45, 2.75) is 302 Å². The molecule has 0 spiro atoms. The standard InChI is InChI=1S/C50H100O3S/c1-4-6-8-10-12-14-16-18-20-22-24-26-28-30-32-35-41-48(42-36-33-31-29-27-25-23-21-19-17-15-13-11-9-7-5-2)43-39-40-46-50(53-54(3,51)52)47-49-44-37-34-38-45-49/h48-50H,4-47H2,1-3H3. The molecule has 0 heterocycles. The van der Waals surface area contributed by atoms with E-state index in [4.69, 9.17) is 4.18 Å². The lowest BCUT2D eigenvalue weighted by molar-refractivity contribution is 0.148. The Balaban J connectivity index is 2.25. The van der Waals surface area contributed by atoms with Gasteiger partial charge in [-0.05, 0) is 24.7 Å². The molecule has 1 rings (SSSR count). The number of rotatable bonds is 43. The predicted molar refractivity (Wildman–Crippen MR) is 241 cm³/mol. The van der Waals surface area contributed by atoms with Crippen molar-refractivity contribution in [3.8, 4) is 0 Å². The van der Waals surface area contributed by atoms with E-state index < -0.39 is 10.1 Å². The van der Waals surface area contributed by atoms with Crippen LogP contribution < -0.4 is 0 Å². The van der Waals surface area contributed by atoms with Crippen molar-refractivity contribution in [2.75, 3.05) is 6.26 Å². The highest BCUT2D eigenvalue weighted by atomic mass is 32.2. The zero-order valence-corrected chi connectivity index (χ0v) is 38.3. The highest BCUT2D eigenvalue weighted by molar-refractivity contribution is 7.86. The third kappa shape index (κ3) is 37.5. The number of hydrogen-bond acceptors (Lipinski definition) is 3. The molecule has 0 aromatic rings. The fraction of sp³-hybridized carbons (Fsp3) is 1.00. The molecule has 0 saturated heterocycles. The average molecular weight is 781 g/mol. The first-order valence-electron chi connectivity index (χ1n) is 25.3. The Morgan fingerprint density at radius 3 is 1.00 bits per heavy atom. The molecule has 0 aliphatic heterocycles. The molecule has 1 aliphatic carbocycles. The van der Waals surface area contributed by atoms with Gasteiger partial charge < -0.3 is 0 Å². The van der Waals surface area contributed by atoms with Crippen LogP contribution in [0.3, 0.4) is 0 Å². The van der Waals surface area contributed by atoms with E-state index >= 15 is 0 Å². The van der Waals surface area contributed by atoms with Gasteiger partial charge in [0.1, 0.15) is 0 Å². The summed E-state index contributed by atoms with van der Waals surface area (Å²) in [6, 6.07) is 0. The molecule has 1 aliphatic rings. The number of hydrogen-bond donors (Lipinski definition) is 0. The minimum Gasteiger partial charge on any atom is -0.267 e. The Hall–Kier alpha value is -0.0900. The fourth-order valence-electron chi connectivity index (χ4n) is 9.45. The van der Waals surface area contributed by atoms with Gasteiger partial charge in [0.25, 0.3) is 10.1 Å². The minimum absolute atomic E-state index is 0.109. The topological polar surface area (TPSA) is 43.4 Å². The van der Waals surface area contributed by atoms with Gasteiger partial charge in [-0.25, -0.2) is 0 Å². The molecule has 324 valence electrons. The van der Waals surface area contributed by atoms with Crippen molar-refractivity contribution in [3.63, 3.8) is 0 Å². The first kappa shape index (κ1) is 51.9. The van der Waals surface area contributed by atoms with Crippen molar-refractivity contribution in [2.24, 2.45) is 11.8 Å². The first-order valence-corrected chi connectivity index (χ1v) is 27.1. The molecule has 1 unspecified atom stereocenters. The quantitative estimate of drug-likeness (QED) is 0.0457. The Kier molecular flexibility index (Phi) is 38.2. The molecule has 54 heavy (non-hydrogen) atoms. The second-order valence-electron chi connectivity index (χ2n) is 18.5. The van der Waals surface area contributed by atoms with Gasteiger partial charge in [0.15, 0.2) is 0 Å². The van der Waals surface area contributed by atoms with E-state index in [0.29, 0.717) is 5.92 Å². The van der Waals surface area contributed by atoms with Crippen molar-refractivity contribution < 1.29 is 12.6 Å². The van der Waals surface area contributed by atoms with E-state index in [1.54, 1.807) is 0 Å². The van der Waals surface area contributed by atoms with E-state index in [9.17, 15) is 8.42 Å². The summed E-state index contributed by atoms with van der Waals surface area (Å²) >= 11 is 0. The summed E-state index contributed by atoms with van der Waals surface area (Å²) in [5.74, 6) is 1.51. The zero-order chi connectivity index (χ0) is 39.1. The maximum atomic E-state index is 12.1. The molecule has 1 fully saturated rings. The van der Waals surface area contributed by atoms with Gasteiger partial charge in [-0.1, -0.05) is 284 Å². The van der Waals surface area contributed by atoms with Crippen molar-refractivity contribution >= 4 is 10.1 Å². The molecule has 3 nitrogen and oxygen atoms in total. The smallest absolute Gasteiger partial charge is 0.264 e. The predicted octanol–water partition coefficient (Wildman–Crippen LogP) is 17.8. The monoisotopic (exact) mass is 781 g/mol. The Morgan fingerprint density at radius 2 is 0.685 bits per heavy atom. The highest BCUT2D eigenvalue weighted by Crippen LogP contribution is 2.31. The molecular formula is C50H100O3S. The van der Waals surface area contributed by atoms with Gasteiger partial charge in [0, 0.05) is 0 Å². The van der Waals surface area contributed by atoms with Crippen LogP contribution in [0.1, 0.15) is 296 Å². The van der Waals surface area contributed by atoms with Gasteiger partial charge in [0.05, 0.1) is 12.4 Å². The second-order valence-corrected chi connectivity index (χ2v) is 20.1. The van der Waals surface area contributed by atoms with E-state index in [1.165, 1.54) is 270 Å². The summed E-state index contributed by atoms with van der Waals surface area (Å²) in [6.07, 6.45) is 61.9. The Labute approximate surface area is 342 Å².